The smallest absolute Gasteiger partial charge is 0.135 e. The van der Waals surface area contributed by atoms with Crippen LogP contribution < -0.4 is 9.80 Å². The summed E-state index contributed by atoms with van der Waals surface area (Å²) in [6.45, 7) is 29.7. The zero-order chi connectivity index (χ0) is 95.3. The van der Waals surface area contributed by atoms with Gasteiger partial charge in [-0.25, -0.2) is 0 Å². The van der Waals surface area contributed by atoms with Gasteiger partial charge >= 0.3 is 0 Å². The lowest BCUT2D eigenvalue weighted by Crippen LogP contribution is -2.21. The van der Waals surface area contributed by atoms with Crippen LogP contribution in [0.1, 0.15) is 96.9 Å². The summed E-state index contributed by atoms with van der Waals surface area (Å²) in [5.74, 6) is 0. The van der Waals surface area contributed by atoms with E-state index in [1.165, 1.54) is 101 Å². The van der Waals surface area contributed by atoms with E-state index in [9.17, 15) is 0 Å². The van der Waals surface area contributed by atoms with Crippen molar-refractivity contribution in [1.29, 1.82) is 0 Å². The molecule has 0 radical (unpaired) electrons. The molecule has 6 aromatic heterocycles. The molecule has 0 aliphatic carbocycles. The number of hydrogen-bond acceptors (Lipinski definition) is 18. The number of para-hydroxylation sites is 4. The van der Waals surface area contributed by atoms with E-state index in [1.54, 1.807) is 25.0 Å². The third kappa shape index (κ3) is 26.3. The second-order valence-corrected chi connectivity index (χ2v) is 61.2. The SMILES string of the molecule is CC.CC.CC.CC.CC(C)(C)n1c2ccccc2c2cc(-c3cccc(N(c4ccc5oc6ccccc6c5c4)c4ccc5oc6ccccc6c5c4)c3)ccc21.CC(C)(C)n1c2ccccc2c2cc(-c3cccc(N(c4ccc5sc6ccccc6c5c4)c4ccc5sc6ccccc6c5c4)c3)ccc21.CS.CS.CS(=S)(=S)S.CS(=S)(=S)S.C[S-](=S)=S.C[S-](=S)=S. The maximum Gasteiger partial charge on any atom is 0.135 e. The van der Waals surface area contributed by atoms with Gasteiger partial charge in [0.1, 0.15) is 22.3 Å². The Balaban J connectivity index is 0.000000225. The number of aromatic nitrogens is 2. The predicted molar refractivity (Wildman–Crippen MR) is 635 cm³/mol. The van der Waals surface area contributed by atoms with Gasteiger partial charge in [0.05, 0.1) is 0 Å². The number of fused-ring (bicyclic) bond motifs is 18. The molecule has 24 heteroatoms. The largest absolute Gasteiger partial charge is 0.456 e. The predicted octanol–water partition coefficient (Wildman–Crippen LogP) is 34.5. The van der Waals surface area contributed by atoms with Crippen molar-refractivity contribution in [2.75, 3.05) is 47.3 Å². The van der Waals surface area contributed by atoms with Gasteiger partial charge in [-0.1, -0.05) is 201 Å². The van der Waals surface area contributed by atoms with Crippen molar-refractivity contribution < 1.29 is 8.83 Å². The Hall–Kier alpha value is -7.12. The van der Waals surface area contributed by atoms with Gasteiger partial charge in [0.2, 0.25) is 0 Å². The van der Waals surface area contributed by atoms with Gasteiger partial charge in [-0.15, -0.1) is 58.5 Å². The number of thiol groups is 4. The first kappa shape index (κ1) is 107. The Morgan fingerprint density at radius 3 is 0.854 bits per heavy atom. The van der Waals surface area contributed by atoms with E-state index in [2.05, 4.69) is 478 Å². The third-order valence-electron chi connectivity index (χ3n) is 20.0. The molecule has 680 valence electrons. The van der Waals surface area contributed by atoms with Gasteiger partial charge in [0.25, 0.3) is 0 Å². The Bertz CT molecular complexity index is 6970. The minimum absolute atomic E-state index is 0.0347. The number of hydrogen-bond donors (Lipinski definition) is 4. The molecule has 6 heterocycles. The molecule has 0 unspecified atom stereocenters. The molecular formula is C106H114N4O2S18-2. The second kappa shape index (κ2) is 48.9. The lowest BCUT2D eigenvalue weighted by molar-refractivity contribution is 0.423. The summed E-state index contributed by atoms with van der Waals surface area (Å²) in [4.78, 5) is 4.78. The molecule has 20 aromatic rings. The number of benzene rings is 14. The van der Waals surface area contributed by atoms with E-state index >= 15 is 0 Å². The van der Waals surface area contributed by atoms with Crippen molar-refractivity contribution in [1.82, 2.24) is 9.13 Å². The van der Waals surface area contributed by atoms with Crippen LogP contribution in [0, 0.1) is 0 Å². The first-order valence-corrected chi connectivity index (χ1v) is 62.9. The molecule has 0 N–H and O–H groups in total. The molecule has 0 saturated heterocycles. The molecule has 0 spiro atoms. The number of rotatable bonds is 8. The highest BCUT2D eigenvalue weighted by molar-refractivity contribution is 8.93. The average Bonchev–Trinajstić information content (AvgIpc) is 1.57. The molecule has 6 nitrogen and oxygen atoms in total. The maximum atomic E-state index is 6.23. The van der Waals surface area contributed by atoms with Gasteiger partial charge in [0.15, 0.2) is 0 Å². The van der Waals surface area contributed by atoms with Gasteiger partial charge < -0.3 is 43.8 Å². The first-order chi connectivity index (χ1) is 62.3. The zero-order valence-corrected chi connectivity index (χ0v) is 92.0. The second-order valence-electron chi connectivity index (χ2n) is 30.7. The lowest BCUT2D eigenvalue weighted by Gasteiger charge is -2.26. The van der Waals surface area contributed by atoms with E-state index in [4.69, 9.17) is 8.83 Å². The van der Waals surface area contributed by atoms with E-state index < -0.39 is 12.4 Å². The van der Waals surface area contributed by atoms with Crippen LogP contribution in [-0.4, -0.2) is 46.7 Å². The quantitative estimate of drug-likeness (QED) is 0.0666. The fourth-order valence-electron chi connectivity index (χ4n) is 15.7. The summed E-state index contributed by atoms with van der Waals surface area (Å²) in [6, 6.07) is 110. The zero-order valence-electron chi connectivity index (χ0n) is 77.0. The number of nitrogens with zero attached hydrogens (tertiary/aromatic N) is 4. The minimum Gasteiger partial charge on any atom is -0.456 e. The summed E-state index contributed by atoms with van der Waals surface area (Å²) >= 11 is 54.7. The number of furan rings is 2. The van der Waals surface area contributed by atoms with Crippen LogP contribution >= 0.6 is 71.3 Å². The van der Waals surface area contributed by atoms with Crippen LogP contribution in [0.25, 0.3) is 150 Å². The Labute approximate surface area is 840 Å². The van der Waals surface area contributed by atoms with Gasteiger partial charge in [-0.05, 0) is 304 Å². The number of thiophene rings is 2. The lowest BCUT2D eigenvalue weighted by atomic mass is 10.0. The topological polar surface area (TPSA) is 42.6 Å². The van der Waals surface area contributed by atoms with Gasteiger partial charge in [-0.2, -0.15) is 25.3 Å². The maximum absolute atomic E-state index is 6.23. The molecule has 0 amide bonds. The van der Waals surface area contributed by atoms with Crippen molar-refractivity contribution in [3.8, 4) is 22.3 Å². The van der Waals surface area contributed by atoms with E-state index in [0.29, 0.717) is 0 Å². The van der Waals surface area contributed by atoms with E-state index in [-0.39, 0.29) is 27.1 Å². The number of anilines is 6. The third-order valence-corrected chi connectivity index (χ3v) is 22.3. The average molecular weight is 2050 g/mol. The summed E-state index contributed by atoms with van der Waals surface area (Å²) < 4.78 is 22.7. The highest BCUT2D eigenvalue weighted by Crippen LogP contribution is 2.48. The molecule has 20 rings (SSSR count). The Kier molecular flexibility index (Phi) is 40.1. The van der Waals surface area contributed by atoms with E-state index in [1.807, 2.05) is 115 Å². The van der Waals surface area contributed by atoms with Crippen molar-refractivity contribution in [3.05, 3.63) is 303 Å². The summed E-state index contributed by atoms with van der Waals surface area (Å²) in [7, 11) is -0.389. The standard InChI is InChI=1S/C46H34N2O2.C46H34N2S2.4C2H6.2CH4S4.2CH3S3.2CH4S/c2*1-46(2,3)48-40-16-7-4-13-34(40)37-26-30(19-22-41(37)48)29-11-10-12-31(25-29)47(32-20-23-44-38(27-32)35-14-5-8-17-42(35)49-44)33-21-24-45-39(28-33)36-15-6-9-18-43(36)50-45;4*1-2;2*1-5(2,3)4;2*1-4(2)3;2*1-2/h2*4-28H,1-3H3;4*1-2H3;2*1H3,(H,2,3,4);2*1H3;2*2H,1H3/q;;;;;;;;2*-1;;. The van der Waals surface area contributed by atoms with Crippen molar-refractivity contribution in [2.24, 2.45) is 0 Å². The molecule has 0 aliphatic heterocycles. The molecule has 0 bridgehead atoms. The van der Waals surface area contributed by atoms with Crippen LogP contribution in [0.3, 0.4) is 0 Å². The van der Waals surface area contributed by atoms with Crippen molar-refractivity contribution >= 4 is 351 Å². The van der Waals surface area contributed by atoms with Crippen LogP contribution in [0.5, 0.6) is 0 Å². The molecule has 0 fully saturated rings. The van der Waals surface area contributed by atoms with Crippen LogP contribution in [0.15, 0.2) is 312 Å². The fourth-order valence-corrected chi connectivity index (χ4v) is 17.9. The first-order valence-electron chi connectivity index (χ1n) is 42.6. The molecule has 14 aromatic carbocycles. The molecule has 0 saturated carbocycles. The normalized spacial score (nSPS) is 11.2. The Morgan fingerprint density at radius 2 is 0.523 bits per heavy atom. The highest BCUT2D eigenvalue weighted by atomic mass is 33.5. The highest BCUT2D eigenvalue weighted by Gasteiger charge is 2.25. The molecule has 0 aliphatic rings. The minimum atomic E-state index is -1.31. The summed E-state index contributed by atoms with van der Waals surface area (Å²) in [6.07, 6.45) is 7.96. The van der Waals surface area contributed by atoms with Gasteiger partial charge in [0, 0.05) is 151 Å². The summed E-state index contributed by atoms with van der Waals surface area (Å²) in [5, 5.41) is 14.8. The van der Waals surface area contributed by atoms with E-state index in [0.717, 1.165) is 83.6 Å². The van der Waals surface area contributed by atoms with Crippen LogP contribution in [0.2, 0.25) is 0 Å². The summed E-state index contributed by atoms with van der Waals surface area (Å²) in [5.41, 5.74) is 19.9. The van der Waals surface area contributed by atoms with Crippen LogP contribution in [0.4, 0.5) is 34.1 Å². The molecule has 130 heavy (non-hydrogen) atoms. The molecule has 0 atom stereocenters. The Morgan fingerprint density at radius 1 is 0.277 bits per heavy atom. The van der Waals surface area contributed by atoms with Crippen molar-refractivity contribution in [2.45, 2.75) is 108 Å². The fraction of sp³-hybridized carbons (Fsp3) is 0.208. The van der Waals surface area contributed by atoms with Crippen LogP contribution in [-0.2, 0) is 129 Å². The monoisotopic (exact) mass is 2050 g/mol. The molecular weight excluding hydrogens is 1940 g/mol. The van der Waals surface area contributed by atoms with Gasteiger partial charge in [-0.3, -0.25) is 44.8 Å². The van der Waals surface area contributed by atoms with Crippen molar-refractivity contribution in [3.63, 3.8) is 0 Å².